The number of alkyl halides is 1. The molecule has 3 rings (SSSR count). The maximum atomic E-state index is 7.20. The van der Waals surface area contributed by atoms with Crippen molar-refractivity contribution in [1.29, 1.82) is 0 Å². The number of fused-ring (bicyclic) bond motifs is 1. The summed E-state index contributed by atoms with van der Waals surface area (Å²) in [6.07, 6.45) is 0. The molecule has 1 radical (unpaired) electrons. The predicted molar refractivity (Wildman–Crippen MR) is 116 cm³/mol. The molecule has 0 bridgehead atoms. The fourth-order valence-corrected chi connectivity index (χ4v) is 3.96. The van der Waals surface area contributed by atoms with Gasteiger partial charge in [-0.25, -0.2) is 0 Å². The Bertz CT molecular complexity index is 715. The number of halogens is 2. The van der Waals surface area contributed by atoms with Crippen molar-refractivity contribution in [3.63, 3.8) is 0 Å². The summed E-state index contributed by atoms with van der Waals surface area (Å²) in [7, 11) is 0. The number of rotatable bonds is 1. The summed E-state index contributed by atoms with van der Waals surface area (Å²) in [4.78, 5) is -0.831. The molecule has 0 aromatic heterocycles. The van der Waals surface area contributed by atoms with Crippen LogP contribution in [0.3, 0.4) is 0 Å². The molecule has 153 valence electrons. The van der Waals surface area contributed by atoms with E-state index in [0.29, 0.717) is 13.1 Å². The molecule has 1 heterocycles. The number of benzene rings is 2. The zero-order chi connectivity index (χ0) is 19.0. The smallest absolute Gasteiger partial charge is 0.314 e. The van der Waals surface area contributed by atoms with Gasteiger partial charge in [0.15, 0.2) is 0 Å². The van der Waals surface area contributed by atoms with E-state index in [0.717, 1.165) is 56.8 Å². The van der Waals surface area contributed by atoms with Gasteiger partial charge in [0.25, 0.3) is 0 Å². The Morgan fingerprint density at radius 2 is 1.32 bits per heavy atom. The van der Waals surface area contributed by atoms with E-state index in [1.165, 1.54) is 5.39 Å². The standard InChI is InChI=1S/C20H29Cl2N5.Mn/c21-20(19-7-3-5-17-4-1-2-6-18(17)19)16-26-13-12-24-9-8-23-10-11-25-14-15-27(20)22;/h1-7,23-26H,8-16H2;/q;+2. The number of nitrogens with one attached hydrogen (secondary N) is 4. The Kier molecular flexibility index (Phi) is 10.5. The molecule has 1 fully saturated rings. The third kappa shape index (κ3) is 6.30. The fourth-order valence-electron chi connectivity index (χ4n) is 3.38. The van der Waals surface area contributed by atoms with Crippen LogP contribution in [-0.4, -0.2) is 63.3 Å². The first-order valence-electron chi connectivity index (χ1n) is 9.65. The first-order valence-corrected chi connectivity index (χ1v) is 10.4. The molecular weight excluding hydrogens is 436 g/mol. The van der Waals surface area contributed by atoms with Gasteiger partial charge in [-0.15, -0.1) is 0 Å². The Balaban J connectivity index is 0.00000280. The third-order valence-corrected chi connectivity index (χ3v) is 5.95. The van der Waals surface area contributed by atoms with E-state index in [-0.39, 0.29) is 17.1 Å². The molecular formula is C20H29Cl2MnN5+2. The predicted octanol–water partition coefficient (Wildman–Crippen LogP) is 2.06. The Morgan fingerprint density at radius 3 is 2.04 bits per heavy atom. The molecule has 1 aliphatic rings. The van der Waals surface area contributed by atoms with E-state index < -0.39 is 5.00 Å². The van der Waals surface area contributed by atoms with Crippen LogP contribution in [0.15, 0.2) is 42.5 Å². The van der Waals surface area contributed by atoms with Crippen molar-refractivity contribution in [3.05, 3.63) is 48.0 Å². The van der Waals surface area contributed by atoms with Gasteiger partial charge < -0.3 is 21.3 Å². The van der Waals surface area contributed by atoms with Crippen molar-refractivity contribution in [3.8, 4) is 0 Å². The average Bonchev–Trinajstić information content (AvgIpc) is 2.70. The van der Waals surface area contributed by atoms with E-state index in [1.807, 2.05) is 18.2 Å². The zero-order valence-electron chi connectivity index (χ0n) is 16.0. The third-order valence-electron chi connectivity index (χ3n) is 4.87. The largest absolute Gasteiger partial charge is 2.00 e. The van der Waals surface area contributed by atoms with Crippen LogP contribution in [-0.2, 0) is 22.1 Å². The number of hydrogen-bond acceptors (Lipinski definition) is 5. The first-order chi connectivity index (χ1) is 13.2. The topological polar surface area (TPSA) is 51.4 Å². The molecule has 2 aromatic rings. The van der Waals surface area contributed by atoms with E-state index in [1.54, 1.807) is 4.42 Å². The minimum atomic E-state index is -0.831. The molecule has 2 aromatic carbocycles. The van der Waals surface area contributed by atoms with Crippen LogP contribution in [0.1, 0.15) is 5.56 Å². The van der Waals surface area contributed by atoms with Gasteiger partial charge >= 0.3 is 17.1 Å². The van der Waals surface area contributed by atoms with E-state index >= 15 is 0 Å². The minimum absolute atomic E-state index is 0. The van der Waals surface area contributed by atoms with Crippen molar-refractivity contribution in [2.45, 2.75) is 5.00 Å². The zero-order valence-corrected chi connectivity index (χ0v) is 18.7. The second-order valence-electron chi connectivity index (χ2n) is 6.80. The summed E-state index contributed by atoms with van der Waals surface area (Å²) in [6.45, 7) is 7.50. The molecule has 1 atom stereocenters. The molecule has 0 aliphatic carbocycles. The quantitative estimate of drug-likeness (QED) is 0.225. The van der Waals surface area contributed by atoms with Crippen LogP contribution in [0.25, 0.3) is 10.8 Å². The number of nitrogens with zero attached hydrogens (tertiary/aromatic N) is 1. The monoisotopic (exact) mass is 464 g/mol. The van der Waals surface area contributed by atoms with Crippen LogP contribution in [0, 0.1) is 0 Å². The van der Waals surface area contributed by atoms with Crippen LogP contribution < -0.4 is 21.3 Å². The SMILES string of the molecule is ClN1CCNCCNCCNCCNCC1(Cl)c1cccc2ccccc12.[Mn+2]. The van der Waals surface area contributed by atoms with Gasteiger partial charge in [0.05, 0.1) is 0 Å². The maximum Gasteiger partial charge on any atom is 2.00 e. The van der Waals surface area contributed by atoms with Crippen molar-refractivity contribution in [2.75, 3.05) is 58.9 Å². The Hall–Kier alpha value is -0.401. The summed E-state index contributed by atoms with van der Waals surface area (Å²) in [5.74, 6) is 0. The molecule has 0 amide bonds. The van der Waals surface area contributed by atoms with Gasteiger partial charge in [-0.2, -0.15) is 4.42 Å². The molecule has 4 N–H and O–H groups in total. The van der Waals surface area contributed by atoms with Crippen LogP contribution in [0.4, 0.5) is 0 Å². The van der Waals surface area contributed by atoms with E-state index in [4.69, 9.17) is 23.4 Å². The second kappa shape index (κ2) is 12.3. The molecule has 28 heavy (non-hydrogen) atoms. The molecule has 5 nitrogen and oxygen atoms in total. The molecule has 8 heteroatoms. The van der Waals surface area contributed by atoms with Crippen molar-refractivity contribution in [1.82, 2.24) is 25.7 Å². The Labute approximate surface area is 188 Å². The fraction of sp³-hybridized carbons (Fsp3) is 0.500. The Morgan fingerprint density at radius 1 is 0.750 bits per heavy atom. The van der Waals surface area contributed by atoms with Gasteiger partial charge in [-0.05, 0) is 28.1 Å². The summed E-state index contributed by atoms with van der Waals surface area (Å²) < 4.78 is 1.73. The molecule has 0 saturated carbocycles. The van der Waals surface area contributed by atoms with Gasteiger partial charge in [0, 0.05) is 58.9 Å². The van der Waals surface area contributed by atoms with Gasteiger partial charge in [0.2, 0.25) is 0 Å². The van der Waals surface area contributed by atoms with Crippen molar-refractivity contribution < 1.29 is 17.1 Å². The summed E-state index contributed by atoms with van der Waals surface area (Å²) in [6, 6.07) is 14.5. The van der Waals surface area contributed by atoms with Gasteiger partial charge in [-0.1, -0.05) is 54.1 Å². The van der Waals surface area contributed by atoms with Crippen molar-refractivity contribution in [2.24, 2.45) is 0 Å². The van der Waals surface area contributed by atoms with Gasteiger partial charge in [0.1, 0.15) is 5.00 Å². The molecule has 0 spiro atoms. The second-order valence-corrected chi connectivity index (χ2v) is 7.83. The molecule has 1 saturated heterocycles. The van der Waals surface area contributed by atoms with Crippen LogP contribution >= 0.6 is 23.4 Å². The van der Waals surface area contributed by atoms with E-state index in [2.05, 4.69) is 45.5 Å². The van der Waals surface area contributed by atoms with Crippen LogP contribution in [0.5, 0.6) is 0 Å². The minimum Gasteiger partial charge on any atom is -0.314 e. The maximum absolute atomic E-state index is 7.20. The number of hydrogen-bond donors (Lipinski definition) is 4. The summed E-state index contributed by atoms with van der Waals surface area (Å²) in [5.41, 5.74) is 1.03. The summed E-state index contributed by atoms with van der Waals surface area (Å²) >= 11 is 14.0. The van der Waals surface area contributed by atoms with Crippen molar-refractivity contribution >= 4 is 34.2 Å². The summed E-state index contributed by atoms with van der Waals surface area (Å²) in [5, 5.41) is 16.0. The van der Waals surface area contributed by atoms with E-state index in [9.17, 15) is 0 Å². The first kappa shape index (κ1) is 23.9. The normalized spacial score (nSPS) is 24.1. The molecule has 1 aliphatic heterocycles. The average molecular weight is 465 g/mol. The molecule has 1 unspecified atom stereocenters. The van der Waals surface area contributed by atoms with Crippen LogP contribution in [0.2, 0.25) is 0 Å². The van der Waals surface area contributed by atoms with Gasteiger partial charge in [-0.3, -0.25) is 0 Å².